The van der Waals surface area contributed by atoms with Crippen LogP contribution in [-0.4, -0.2) is 17.1 Å². The van der Waals surface area contributed by atoms with Gasteiger partial charge in [-0.15, -0.1) is 0 Å². The Morgan fingerprint density at radius 3 is 2.71 bits per heavy atom. The molecule has 2 rings (SSSR count). The first-order valence-corrected chi connectivity index (χ1v) is 5.76. The summed E-state index contributed by atoms with van der Waals surface area (Å²) < 4.78 is 10.4. The number of nitrogens with zero attached hydrogens (tertiary/aromatic N) is 1. The lowest BCUT2D eigenvalue weighted by Gasteiger charge is -2.06. The molecular weight excluding hydrogens is 280 g/mol. The maximum atomic E-state index is 11.0. The monoisotopic (exact) mass is 290 g/mol. The summed E-state index contributed by atoms with van der Waals surface area (Å²) in [4.78, 5) is 31.8. The van der Waals surface area contributed by atoms with E-state index in [1.807, 2.05) is 0 Å². The van der Waals surface area contributed by atoms with E-state index in [0.717, 1.165) is 6.07 Å². The highest BCUT2D eigenvalue weighted by Gasteiger charge is 2.18. The number of primary amides is 1. The van der Waals surface area contributed by atoms with Gasteiger partial charge >= 0.3 is 5.69 Å². The zero-order valence-corrected chi connectivity index (χ0v) is 10.6. The van der Waals surface area contributed by atoms with Crippen LogP contribution in [-0.2, 0) is 6.61 Å². The number of nitro groups is 1. The molecule has 0 bridgehead atoms. The first-order valence-electron chi connectivity index (χ1n) is 5.76. The number of hydrogen-bond donors (Lipinski definition) is 1. The smallest absolute Gasteiger partial charge is 0.311 e. The summed E-state index contributed by atoms with van der Waals surface area (Å²) in [6.45, 7) is -0.0927. The second-order valence-corrected chi connectivity index (χ2v) is 4.01. The topological polar surface area (TPSA) is 126 Å². The minimum atomic E-state index is -0.772. The van der Waals surface area contributed by atoms with Crippen molar-refractivity contribution < 1.29 is 23.7 Å². The summed E-state index contributed by atoms with van der Waals surface area (Å²) in [7, 11) is 0. The van der Waals surface area contributed by atoms with Crippen LogP contribution in [0.25, 0.3) is 0 Å². The Morgan fingerprint density at radius 1 is 1.38 bits per heavy atom. The first-order chi connectivity index (χ1) is 10.0. The molecule has 8 heteroatoms. The lowest BCUT2D eigenvalue weighted by atomic mass is 10.2. The van der Waals surface area contributed by atoms with Crippen molar-refractivity contribution >= 4 is 17.9 Å². The van der Waals surface area contributed by atoms with Gasteiger partial charge in [0.1, 0.15) is 12.4 Å². The zero-order valence-electron chi connectivity index (χ0n) is 10.6. The zero-order chi connectivity index (χ0) is 15.4. The number of aldehydes is 1. The second-order valence-electron chi connectivity index (χ2n) is 4.01. The molecule has 1 amide bonds. The van der Waals surface area contributed by atoms with Crippen molar-refractivity contribution in [2.75, 3.05) is 0 Å². The van der Waals surface area contributed by atoms with Gasteiger partial charge in [0.05, 0.1) is 4.92 Å². The van der Waals surface area contributed by atoms with Crippen LogP contribution < -0.4 is 10.5 Å². The van der Waals surface area contributed by atoms with E-state index < -0.39 is 10.8 Å². The molecule has 0 spiro atoms. The van der Waals surface area contributed by atoms with Crippen LogP contribution in [0.1, 0.15) is 26.7 Å². The van der Waals surface area contributed by atoms with Gasteiger partial charge in [0.25, 0.3) is 0 Å². The SMILES string of the molecule is NC(=O)c1ccc(OCc2ccc(C=O)o2)c([N+](=O)[O-])c1. The number of carbonyl (C=O) groups is 2. The van der Waals surface area contributed by atoms with Crippen molar-refractivity contribution in [3.63, 3.8) is 0 Å². The van der Waals surface area contributed by atoms with Crippen LogP contribution in [0.3, 0.4) is 0 Å². The Morgan fingerprint density at radius 2 is 2.14 bits per heavy atom. The Bertz CT molecular complexity index is 706. The summed E-state index contributed by atoms with van der Waals surface area (Å²) in [5, 5.41) is 11.0. The lowest BCUT2D eigenvalue weighted by Crippen LogP contribution is -2.11. The largest absolute Gasteiger partial charge is 0.479 e. The fourth-order valence-electron chi connectivity index (χ4n) is 1.62. The maximum absolute atomic E-state index is 11.0. The molecular formula is C13H10N2O6. The quantitative estimate of drug-likeness (QED) is 0.490. The van der Waals surface area contributed by atoms with Crippen LogP contribution >= 0.6 is 0 Å². The molecule has 1 aromatic carbocycles. The molecule has 2 N–H and O–H groups in total. The first kappa shape index (κ1) is 14.3. The van der Waals surface area contributed by atoms with Gasteiger partial charge in [-0.1, -0.05) is 0 Å². The van der Waals surface area contributed by atoms with Gasteiger partial charge in [-0.25, -0.2) is 0 Å². The summed E-state index contributed by atoms with van der Waals surface area (Å²) in [5.74, 6) is -0.335. The van der Waals surface area contributed by atoms with Crippen LogP contribution in [0.15, 0.2) is 34.7 Å². The highest BCUT2D eigenvalue weighted by atomic mass is 16.6. The van der Waals surface area contributed by atoms with Crippen LogP contribution in [0.2, 0.25) is 0 Å². The van der Waals surface area contributed by atoms with Crippen LogP contribution in [0, 0.1) is 10.1 Å². The minimum Gasteiger partial charge on any atom is -0.479 e. The number of rotatable bonds is 6. The van der Waals surface area contributed by atoms with E-state index in [1.165, 1.54) is 24.3 Å². The molecule has 0 radical (unpaired) electrons. The van der Waals surface area contributed by atoms with Crippen molar-refractivity contribution in [3.05, 3.63) is 57.5 Å². The van der Waals surface area contributed by atoms with Crippen molar-refractivity contribution in [3.8, 4) is 5.75 Å². The number of ether oxygens (including phenoxy) is 1. The van der Waals surface area contributed by atoms with Crippen molar-refractivity contribution in [2.24, 2.45) is 5.73 Å². The van der Waals surface area contributed by atoms with E-state index in [0.29, 0.717) is 12.0 Å². The molecule has 0 aliphatic carbocycles. The van der Waals surface area contributed by atoms with Crippen molar-refractivity contribution in [2.45, 2.75) is 6.61 Å². The highest BCUT2D eigenvalue weighted by Crippen LogP contribution is 2.28. The summed E-state index contributed by atoms with van der Waals surface area (Å²) in [6.07, 6.45) is 0.535. The number of nitro benzene ring substituents is 1. The molecule has 2 aromatic rings. The average Bonchev–Trinajstić information content (AvgIpc) is 2.92. The fraction of sp³-hybridized carbons (Fsp3) is 0.0769. The van der Waals surface area contributed by atoms with Gasteiger partial charge in [0.2, 0.25) is 5.91 Å². The third-order valence-corrected chi connectivity index (χ3v) is 2.61. The predicted octanol–water partition coefficient (Wildman–Crippen LogP) is 1.68. The number of carbonyl (C=O) groups excluding carboxylic acids is 2. The maximum Gasteiger partial charge on any atom is 0.311 e. The molecule has 1 aromatic heterocycles. The number of hydrogen-bond acceptors (Lipinski definition) is 6. The van der Waals surface area contributed by atoms with Crippen molar-refractivity contribution in [1.82, 2.24) is 0 Å². The molecule has 21 heavy (non-hydrogen) atoms. The van der Waals surface area contributed by atoms with E-state index in [2.05, 4.69) is 0 Å². The molecule has 0 aliphatic heterocycles. The van der Waals surface area contributed by atoms with Gasteiger partial charge in [0.15, 0.2) is 17.8 Å². The minimum absolute atomic E-state index is 0.00953. The predicted molar refractivity (Wildman–Crippen MR) is 70.0 cm³/mol. The van der Waals surface area contributed by atoms with E-state index in [4.69, 9.17) is 14.9 Å². The Labute approximate surface area is 118 Å². The van der Waals surface area contributed by atoms with Gasteiger partial charge in [-0.3, -0.25) is 19.7 Å². The molecule has 8 nitrogen and oxygen atoms in total. The van der Waals surface area contributed by atoms with E-state index >= 15 is 0 Å². The third kappa shape index (κ3) is 3.24. The molecule has 0 atom stereocenters. The lowest BCUT2D eigenvalue weighted by molar-refractivity contribution is -0.386. The van der Waals surface area contributed by atoms with Gasteiger partial charge in [0, 0.05) is 11.6 Å². The second kappa shape index (κ2) is 5.87. The highest BCUT2D eigenvalue weighted by molar-refractivity contribution is 5.93. The summed E-state index contributed by atoms with van der Waals surface area (Å²) >= 11 is 0. The average molecular weight is 290 g/mol. The molecule has 0 unspecified atom stereocenters. The Kier molecular flexibility index (Phi) is 3.98. The van der Waals surface area contributed by atoms with E-state index in [-0.39, 0.29) is 29.4 Å². The van der Waals surface area contributed by atoms with E-state index in [9.17, 15) is 19.7 Å². The molecule has 0 fully saturated rings. The van der Waals surface area contributed by atoms with E-state index in [1.54, 1.807) is 0 Å². The van der Waals surface area contributed by atoms with Gasteiger partial charge in [-0.05, 0) is 24.3 Å². The molecule has 1 heterocycles. The summed E-state index contributed by atoms with van der Waals surface area (Å²) in [5.41, 5.74) is 4.69. The Balaban J connectivity index is 2.20. The van der Waals surface area contributed by atoms with Crippen molar-refractivity contribution in [1.29, 1.82) is 0 Å². The van der Waals surface area contributed by atoms with Crippen LogP contribution in [0.4, 0.5) is 5.69 Å². The number of nitrogens with two attached hydrogens (primary N) is 1. The van der Waals surface area contributed by atoms with Crippen LogP contribution in [0.5, 0.6) is 5.75 Å². The fourth-order valence-corrected chi connectivity index (χ4v) is 1.62. The molecule has 108 valence electrons. The number of benzene rings is 1. The standard InChI is InChI=1S/C13H10N2O6/c14-13(17)8-1-4-12(11(5-8)15(18)19)20-7-10-3-2-9(6-16)21-10/h1-6H,7H2,(H2,14,17). The number of furan rings is 1. The normalized spacial score (nSPS) is 10.1. The molecule has 0 saturated carbocycles. The molecule has 0 aliphatic rings. The molecule has 0 saturated heterocycles. The summed E-state index contributed by atoms with van der Waals surface area (Å²) in [6, 6.07) is 6.62. The Hall–Kier alpha value is -3.16. The van der Waals surface area contributed by atoms with Gasteiger partial charge in [-0.2, -0.15) is 0 Å². The third-order valence-electron chi connectivity index (χ3n) is 2.61. The van der Waals surface area contributed by atoms with Gasteiger partial charge < -0.3 is 14.9 Å². The number of amides is 1.